The number of rotatable bonds is 9. The highest BCUT2D eigenvalue weighted by Gasteiger charge is 2.27. The molecule has 2 atom stereocenters. The monoisotopic (exact) mass is 484 g/mol. The van der Waals surface area contributed by atoms with Gasteiger partial charge in [-0.25, -0.2) is 0 Å². The second kappa shape index (κ2) is 10.4. The van der Waals surface area contributed by atoms with E-state index in [4.69, 9.17) is 9.47 Å². The SMILES string of the molecule is COc1ccc(C(N[C@H](C)c2ccccc2)c2cccc(Nc3c(OC(C)(C)C)c(=O)c3=O)c2)cc1. The number of nitrogens with one attached hydrogen (secondary N) is 2. The van der Waals surface area contributed by atoms with E-state index >= 15 is 0 Å². The Hall–Kier alpha value is -3.90. The zero-order valence-corrected chi connectivity index (χ0v) is 21.3. The summed E-state index contributed by atoms with van der Waals surface area (Å²) in [4.78, 5) is 24.4. The lowest BCUT2D eigenvalue weighted by Gasteiger charge is -2.26. The second-order valence-corrected chi connectivity index (χ2v) is 9.83. The third kappa shape index (κ3) is 5.66. The van der Waals surface area contributed by atoms with Crippen LogP contribution in [0, 0.1) is 0 Å². The van der Waals surface area contributed by atoms with Crippen LogP contribution in [0.15, 0.2) is 88.5 Å². The van der Waals surface area contributed by atoms with Crippen molar-refractivity contribution in [3.63, 3.8) is 0 Å². The summed E-state index contributed by atoms with van der Waals surface area (Å²) < 4.78 is 11.1. The maximum Gasteiger partial charge on any atom is 0.272 e. The van der Waals surface area contributed by atoms with E-state index in [2.05, 4.69) is 29.7 Å². The van der Waals surface area contributed by atoms with Crippen molar-refractivity contribution in [3.05, 3.63) is 116 Å². The minimum Gasteiger partial charge on any atom is -0.497 e. The van der Waals surface area contributed by atoms with Crippen molar-refractivity contribution in [1.29, 1.82) is 0 Å². The molecule has 0 radical (unpaired) electrons. The molecular weight excluding hydrogens is 452 g/mol. The predicted octanol–water partition coefficient (Wildman–Crippen LogP) is 5.65. The van der Waals surface area contributed by atoms with E-state index in [9.17, 15) is 9.59 Å². The Morgan fingerprint density at radius 2 is 1.44 bits per heavy atom. The Labute approximate surface area is 211 Å². The van der Waals surface area contributed by atoms with Gasteiger partial charge in [0.2, 0.25) is 0 Å². The van der Waals surface area contributed by atoms with E-state index in [1.165, 1.54) is 5.56 Å². The van der Waals surface area contributed by atoms with Crippen LogP contribution >= 0.6 is 0 Å². The number of methoxy groups -OCH3 is 1. The van der Waals surface area contributed by atoms with Crippen LogP contribution < -0.4 is 31.0 Å². The fraction of sp³-hybridized carbons (Fsp3) is 0.267. The Kier molecular flexibility index (Phi) is 7.27. The maximum atomic E-state index is 12.3. The molecule has 2 N–H and O–H groups in total. The molecule has 0 aromatic heterocycles. The van der Waals surface area contributed by atoms with Gasteiger partial charge < -0.3 is 14.8 Å². The minimum atomic E-state index is -0.599. The summed E-state index contributed by atoms with van der Waals surface area (Å²) in [5.41, 5.74) is 2.40. The molecule has 0 spiro atoms. The lowest BCUT2D eigenvalue weighted by molar-refractivity contribution is 0.128. The first kappa shape index (κ1) is 25.2. The molecular formula is C30H32N2O4. The predicted molar refractivity (Wildman–Crippen MR) is 144 cm³/mol. The Morgan fingerprint density at radius 1 is 0.778 bits per heavy atom. The van der Waals surface area contributed by atoms with Crippen molar-refractivity contribution >= 4 is 11.4 Å². The van der Waals surface area contributed by atoms with Crippen LogP contribution in [0.3, 0.4) is 0 Å². The zero-order valence-electron chi connectivity index (χ0n) is 21.3. The molecule has 4 aromatic rings. The zero-order chi connectivity index (χ0) is 25.9. The Morgan fingerprint density at radius 3 is 2.08 bits per heavy atom. The summed E-state index contributed by atoms with van der Waals surface area (Å²) in [5, 5.41) is 6.86. The van der Waals surface area contributed by atoms with Gasteiger partial charge in [0.1, 0.15) is 17.0 Å². The summed E-state index contributed by atoms with van der Waals surface area (Å²) in [6.45, 7) is 7.65. The summed E-state index contributed by atoms with van der Waals surface area (Å²) in [5.74, 6) is 0.871. The molecule has 36 heavy (non-hydrogen) atoms. The average Bonchev–Trinajstić information content (AvgIpc) is 2.89. The van der Waals surface area contributed by atoms with E-state index in [1.807, 2.05) is 87.5 Å². The molecule has 0 saturated heterocycles. The van der Waals surface area contributed by atoms with Crippen LogP contribution in [-0.2, 0) is 0 Å². The van der Waals surface area contributed by atoms with Crippen LogP contribution in [0.4, 0.5) is 11.4 Å². The van der Waals surface area contributed by atoms with Crippen molar-refractivity contribution in [3.8, 4) is 11.5 Å². The van der Waals surface area contributed by atoms with E-state index in [1.54, 1.807) is 7.11 Å². The molecule has 6 heteroatoms. The first-order valence-corrected chi connectivity index (χ1v) is 12.0. The molecule has 0 saturated carbocycles. The highest BCUT2D eigenvalue weighted by molar-refractivity contribution is 5.70. The molecule has 0 amide bonds. The van der Waals surface area contributed by atoms with Gasteiger partial charge in [-0.05, 0) is 68.7 Å². The van der Waals surface area contributed by atoms with Gasteiger partial charge >= 0.3 is 0 Å². The van der Waals surface area contributed by atoms with Crippen molar-refractivity contribution in [2.75, 3.05) is 12.4 Å². The van der Waals surface area contributed by atoms with Crippen molar-refractivity contribution in [2.24, 2.45) is 0 Å². The quantitative estimate of drug-likeness (QED) is 0.299. The maximum absolute atomic E-state index is 12.3. The largest absolute Gasteiger partial charge is 0.497 e. The summed E-state index contributed by atoms with van der Waals surface area (Å²) in [6, 6.07) is 26.0. The number of anilines is 2. The molecule has 0 aliphatic carbocycles. The number of hydrogen-bond donors (Lipinski definition) is 2. The van der Waals surface area contributed by atoms with Crippen molar-refractivity contribution < 1.29 is 9.47 Å². The molecule has 6 nitrogen and oxygen atoms in total. The molecule has 0 heterocycles. The van der Waals surface area contributed by atoms with Crippen molar-refractivity contribution in [2.45, 2.75) is 45.4 Å². The number of benzene rings is 3. The highest BCUT2D eigenvalue weighted by Crippen LogP contribution is 2.31. The van der Waals surface area contributed by atoms with Gasteiger partial charge in [-0.3, -0.25) is 14.9 Å². The minimum absolute atomic E-state index is 0.0789. The Balaban J connectivity index is 1.66. The highest BCUT2D eigenvalue weighted by atomic mass is 16.5. The van der Waals surface area contributed by atoms with Gasteiger partial charge in [-0.2, -0.15) is 0 Å². The number of ether oxygens (including phenoxy) is 2. The van der Waals surface area contributed by atoms with Gasteiger partial charge in [0.05, 0.1) is 13.2 Å². The van der Waals surface area contributed by atoms with Gasteiger partial charge in [0.15, 0.2) is 5.75 Å². The third-order valence-electron chi connectivity index (χ3n) is 5.93. The fourth-order valence-corrected chi connectivity index (χ4v) is 4.10. The van der Waals surface area contributed by atoms with Crippen LogP contribution in [0.2, 0.25) is 0 Å². The molecule has 0 aliphatic heterocycles. The molecule has 4 aromatic carbocycles. The van der Waals surface area contributed by atoms with E-state index < -0.39 is 16.5 Å². The third-order valence-corrected chi connectivity index (χ3v) is 5.93. The van der Waals surface area contributed by atoms with Crippen molar-refractivity contribution in [1.82, 2.24) is 5.32 Å². The standard InChI is InChI=1S/C30H32N2O4/c1-19(20-10-7-6-8-11-20)31-25(21-14-16-24(35-5)17-15-21)22-12-9-13-23(18-22)32-26-27(33)28(34)29(26)36-30(2,3)4/h6-19,25,31-32H,1-5H3/t19-,25?/m1/s1. The summed E-state index contributed by atoms with van der Waals surface area (Å²) in [6.07, 6.45) is 0. The molecule has 0 bridgehead atoms. The van der Waals surface area contributed by atoms with E-state index in [0.717, 1.165) is 16.9 Å². The smallest absolute Gasteiger partial charge is 0.272 e. The lowest BCUT2D eigenvalue weighted by Crippen LogP contribution is -2.39. The fourth-order valence-electron chi connectivity index (χ4n) is 4.10. The Bertz CT molecular complexity index is 1380. The first-order chi connectivity index (χ1) is 17.2. The normalized spacial score (nSPS) is 13.2. The van der Waals surface area contributed by atoms with Crippen LogP contribution in [-0.4, -0.2) is 12.7 Å². The summed E-state index contributed by atoms with van der Waals surface area (Å²) >= 11 is 0. The molecule has 186 valence electrons. The molecule has 4 rings (SSSR count). The van der Waals surface area contributed by atoms with Crippen LogP contribution in [0.5, 0.6) is 11.5 Å². The van der Waals surface area contributed by atoms with E-state index in [0.29, 0.717) is 5.69 Å². The molecule has 1 unspecified atom stereocenters. The second-order valence-electron chi connectivity index (χ2n) is 9.83. The van der Waals surface area contributed by atoms with Crippen LogP contribution in [0.25, 0.3) is 0 Å². The van der Waals surface area contributed by atoms with Crippen LogP contribution in [0.1, 0.15) is 56.5 Å². The average molecular weight is 485 g/mol. The molecule has 0 fully saturated rings. The summed E-state index contributed by atoms with van der Waals surface area (Å²) in [7, 11) is 1.65. The van der Waals surface area contributed by atoms with Gasteiger partial charge in [-0.1, -0.05) is 54.6 Å². The topological polar surface area (TPSA) is 76.7 Å². The van der Waals surface area contributed by atoms with Gasteiger partial charge in [-0.15, -0.1) is 0 Å². The van der Waals surface area contributed by atoms with Gasteiger partial charge in [0, 0.05) is 11.7 Å². The first-order valence-electron chi connectivity index (χ1n) is 12.0. The molecule has 0 aliphatic rings. The number of hydrogen-bond acceptors (Lipinski definition) is 6. The van der Waals surface area contributed by atoms with Gasteiger partial charge in [0.25, 0.3) is 10.9 Å². The van der Waals surface area contributed by atoms with E-state index in [-0.39, 0.29) is 23.5 Å². The lowest BCUT2D eigenvalue weighted by atomic mass is 9.96.